The first-order chi connectivity index (χ1) is 9.97. The van der Waals surface area contributed by atoms with Crippen molar-refractivity contribution in [1.82, 2.24) is 0 Å². The summed E-state index contributed by atoms with van der Waals surface area (Å²) in [5, 5.41) is 14.1. The number of benzene rings is 2. The molecular weight excluding hydrogens is 315 g/mol. The van der Waals surface area contributed by atoms with Gasteiger partial charge in [0.05, 0.1) is 11.3 Å². The number of non-ortho nitro benzene ring substituents is 1. The van der Waals surface area contributed by atoms with E-state index in [0.29, 0.717) is 21.3 Å². The third-order valence-electron chi connectivity index (χ3n) is 2.74. The molecule has 0 spiro atoms. The predicted octanol–water partition coefficient (Wildman–Crippen LogP) is 4.08. The van der Waals surface area contributed by atoms with E-state index in [1.807, 2.05) is 0 Å². The standard InChI is InChI=1S/C14H10Cl2N2O3/c15-12-5-2-6-13(16)11(12)8-14(19)17-9-3-1-4-10(7-9)18(20)21/h1-7H,8H2,(H,17,19). The number of hydrogen-bond acceptors (Lipinski definition) is 3. The van der Waals surface area contributed by atoms with Crippen LogP contribution in [0.5, 0.6) is 0 Å². The van der Waals surface area contributed by atoms with Gasteiger partial charge in [0, 0.05) is 27.9 Å². The van der Waals surface area contributed by atoms with Crippen LogP contribution in [0.15, 0.2) is 42.5 Å². The Balaban J connectivity index is 2.12. The zero-order valence-corrected chi connectivity index (χ0v) is 12.2. The highest BCUT2D eigenvalue weighted by atomic mass is 35.5. The van der Waals surface area contributed by atoms with Crippen molar-refractivity contribution in [3.05, 3.63) is 68.2 Å². The molecule has 2 aromatic rings. The first kappa shape index (κ1) is 15.3. The number of rotatable bonds is 4. The Bertz CT molecular complexity index is 684. The molecule has 0 aliphatic rings. The summed E-state index contributed by atoms with van der Waals surface area (Å²) in [6.07, 6.45) is -0.0127. The third kappa shape index (κ3) is 3.93. The summed E-state index contributed by atoms with van der Waals surface area (Å²) in [5.74, 6) is -0.356. The minimum Gasteiger partial charge on any atom is -0.326 e. The highest BCUT2D eigenvalue weighted by molar-refractivity contribution is 6.36. The van der Waals surface area contributed by atoms with E-state index in [1.54, 1.807) is 24.3 Å². The zero-order valence-electron chi connectivity index (χ0n) is 10.7. The lowest BCUT2D eigenvalue weighted by Gasteiger charge is -2.08. The molecule has 0 fully saturated rings. The van der Waals surface area contributed by atoms with Gasteiger partial charge in [-0.3, -0.25) is 14.9 Å². The van der Waals surface area contributed by atoms with Gasteiger partial charge in [-0.25, -0.2) is 0 Å². The van der Waals surface area contributed by atoms with Gasteiger partial charge in [0.2, 0.25) is 5.91 Å². The highest BCUT2D eigenvalue weighted by Gasteiger charge is 2.12. The Labute approximate surface area is 130 Å². The van der Waals surface area contributed by atoms with Gasteiger partial charge < -0.3 is 5.32 Å². The molecule has 0 aliphatic heterocycles. The Kier molecular flexibility index (Phi) is 4.77. The van der Waals surface area contributed by atoms with E-state index in [0.717, 1.165) is 0 Å². The van der Waals surface area contributed by atoms with Gasteiger partial charge >= 0.3 is 0 Å². The van der Waals surface area contributed by atoms with Crippen LogP contribution >= 0.6 is 23.2 Å². The van der Waals surface area contributed by atoms with E-state index in [1.165, 1.54) is 18.2 Å². The first-order valence-corrected chi connectivity index (χ1v) is 6.70. The maximum Gasteiger partial charge on any atom is 0.271 e. The Morgan fingerprint density at radius 1 is 1.14 bits per heavy atom. The molecule has 1 N–H and O–H groups in total. The number of anilines is 1. The summed E-state index contributed by atoms with van der Waals surface area (Å²) in [4.78, 5) is 22.1. The molecule has 1 amide bonds. The number of hydrogen-bond donors (Lipinski definition) is 1. The summed E-state index contributed by atoms with van der Waals surface area (Å²) < 4.78 is 0. The smallest absolute Gasteiger partial charge is 0.271 e. The van der Waals surface area contributed by atoms with Crippen molar-refractivity contribution in [2.75, 3.05) is 5.32 Å². The van der Waals surface area contributed by atoms with Crippen LogP contribution < -0.4 is 5.32 Å². The molecule has 0 unspecified atom stereocenters. The molecule has 0 heterocycles. The second-order valence-electron chi connectivity index (χ2n) is 4.23. The molecule has 2 aromatic carbocycles. The lowest BCUT2D eigenvalue weighted by atomic mass is 10.1. The van der Waals surface area contributed by atoms with Crippen molar-refractivity contribution in [1.29, 1.82) is 0 Å². The van der Waals surface area contributed by atoms with Crippen LogP contribution in [0.4, 0.5) is 11.4 Å². The van der Waals surface area contributed by atoms with Gasteiger partial charge in [0.25, 0.3) is 5.69 Å². The van der Waals surface area contributed by atoms with Crippen molar-refractivity contribution >= 4 is 40.5 Å². The number of carbonyl (C=O) groups is 1. The molecule has 108 valence electrons. The van der Waals surface area contributed by atoms with Gasteiger partial charge in [-0.05, 0) is 23.8 Å². The number of amides is 1. The normalized spacial score (nSPS) is 10.2. The monoisotopic (exact) mass is 324 g/mol. The Morgan fingerprint density at radius 2 is 1.76 bits per heavy atom. The van der Waals surface area contributed by atoms with Crippen LogP contribution in [0.1, 0.15) is 5.56 Å². The molecular formula is C14H10Cl2N2O3. The Hall–Kier alpha value is -2.11. The van der Waals surface area contributed by atoms with E-state index in [4.69, 9.17) is 23.2 Å². The van der Waals surface area contributed by atoms with E-state index >= 15 is 0 Å². The summed E-state index contributed by atoms with van der Waals surface area (Å²) in [6.45, 7) is 0. The summed E-state index contributed by atoms with van der Waals surface area (Å²) in [5.41, 5.74) is 0.768. The molecule has 7 heteroatoms. The van der Waals surface area contributed by atoms with Crippen LogP contribution in [0.2, 0.25) is 10.0 Å². The molecule has 0 bridgehead atoms. The largest absolute Gasteiger partial charge is 0.326 e. The SMILES string of the molecule is O=C(Cc1c(Cl)cccc1Cl)Nc1cccc([N+](=O)[O-])c1. The molecule has 5 nitrogen and oxygen atoms in total. The van der Waals surface area contributed by atoms with Crippen molar-refractivity contribution in [3.63, 3.8) is 0 Å². The first-order valence-electron chi connectivity index (χ1n) is 5.94. The lowest BCUT2D eigenvalue weighted by molar-refractivity contribution is -0.384. The molecule has 0 radical (unpaired) electrons. The predicted molar refractivity (Wildman–Crippen MR) is 81.9 cm³/mol. The minimum atomic E-state index is -0.527. The van der Waals surface area contributed by atoms with Crippen LogP contribution in [0.25, 0.3) is 0 Å². The fourth-order valence-electron chi connectivity index (χ4n) is 1.76. The quantitative estimate of drug-likeness (QED) is 0.680. The second-order valence-corrected chi connectivity index (χ2v) is 5.05. The maximum absolute atomic E-state index is 12.0. The topological polar surface area (TPSA) is 72.2 Å². The van der Waals surface area contributed by atoms with Crippen molar-refractivity contribution in [3.8, 4) is 0 Å². The number of nitrogens with one attached hydrogen (secondary N) is 1. The summed E-state index contributed by atoms with van der Waals surface area (Å²) >= 11 is 12.0. The highest BCUT2D eigenvalue weighted by Crippen LogP contribution is 2.25. The van der Waals surface area contributed by atoms with E-state index in [-0.39, 0.29) is 18.0 Å². The van der Waals surface area contributed by atoms with Gasteiger partial charge in [0.1, 0.15) is 0 Å². The molecule has 0 aliphatic carbocycles. The molecule has 0 aromatic heterocycles. The van der Waals surface area contributed by atoms with Crippen LogP contribution in [-0.4, -0.2) is 10.8 Å². The van der Waals surface area contributed by atoms with E-state index in [9.17, 15) is 14.9 Å². The molecule has 0 saturated heterocycles. The summed E-state index contributed by atoms with van der Waals surface area (Å²) in [6, 6.07) is 10.7. The fraction of sp³-hybridized carbons (Fsp3) is 0.0714. The fourth-order valence-corrected chi connectivity index (χ4v) is 2.30. The number of nitro groups is 1. The molecule has 2 rings (SSSR count). The van der Waals surface area contributed by atoms with Gasteiger partial charge in [-0.15, -0.1) is 0 Å². The van der Waals surface area contributed by atoms with Crippen molar-refractivity contribution in [2.24, 2.45) is 0 Å². The van der Waals surface area contributed by atoms with Crippen LogP contribution in [0, 0.1) is 10.1 Å². The third-order valence-corrected chi connectivity index (χ3v) is 3.45. The van der Waals surface area contributed by atoms with Gasteiger partial charge in [0.15, 0.2) is 0 Å². The number of nitrogens with zero attached hydrogens (tertiary/aromatic N) is 1. The van der Waals surface area contributed by atoms with E-state index < -0.39 is 4.92 Å². The van der Waals surface area contributed by atoms with Crippen molar-refractivity contribution < 1.29 is 9.72 Å². The molecule has 21 heavy (non-hydrogen) atoms. The second kappa shape index (κ2) is 6.56. The number of nitro benzene ring substituents is 1. The average molecular weight is 325 g/mol. The average Bonchev–Trinajstić information content (AvgIpc) is 2.43. The molecule has 0 atom stereocenters. The van der Waals surface area contributed by atoms with Crippen molar-refractivity contribution in [2.45, 2.75) is 6.42 Å². The maximum atomic E-state index is 12.0. The lowest BCUT2D eigenvalue weighted by Crippen LogP contribution is -2.15. The van der Waals surface area contributed by atoms with Gasteiger partial charge in [-0.2, -0.15) is 0 Å². The van der Waals surface area contributed by atoms with E-state index in [2.05, 4.69) is 5.32 Å². The number of carbonyl (C=O) groups excluding carboxylic acids is 1. The molecule has 0 saturated carbocycles. The van der Waals surface area contributed by atoms with Gasteiger partial charge in [-0.1, -0.05) is 35.3 Å². The Morgan fingerprint density at radius 3 is 2.38 bits per heavy atom. The zero-order chi connectivity index (χ0) is 15.4. The minimum absolute atomic E-state index is 0.0127. The van der Waals surface area contributed by atoms with Crippen LogP contribution in [0.3, 0.4) is 0 Å². The van der Waals surface area contributed by atoms with Crippen LogP contribution in [-0.2, 0) is 11.2 Å². The summed E-state index contributed by atoms with van der Waals surface area (Å²) in [7, 11) is 0. The number of halogens is 2.